The Bertz CT molecular complexity index is 456. The van der Waals surface area contributed by atoms with Gasteiger partial charge in [-0.2, -0.15) is 0 Å². The molecule has 2 rings (SSSR count). The molecule has 1 aliphatic rings. The van der Waals surface area contributed by atoms with E-state index >= 15 is 0 Å². The lowest BCUT2D eigenvalue weighted by Crippen LogP contribution is -2.30. The van der Waals surface area contributed by atoms with Crippen LogP contribution in [0.15, 0.2) is 30.5 Å². The van der Waals surface area contributed by atoms with Crippen LogP contribution in [0.5, 0.6) is 0 Å². The first-order valence-electron chi connectivity index (χ1n) is 6.35. The Labute approximate surface area is 107 Å². The van der Waals surface area contributed by atoms with Crippen molar-refractivity contribution in [2.45, 2.75) is 32.4 Å². The Kier molecular flexibility index (Phi) is 4.10. The van der Waals surface area contributed by atoms with E-state index in [0.717, 1.165) is 12.1 Å². The summed E-state index contributed by atoms with van der Waals surface area (Å²) in [7, 11) is 0. The van der Waals surface area contributed by atoms with Gasteiger partial charge >= 0.3 is 0 Å². The molecule has 0 spiro atoms. The number of carbonyl (C=O) groups excluding carboxylic acids is 1. The third kappa shape index (κ3) is 2.96. The lowest BCUT2D eigenvalue weighted by atomic mass is 10.1. The molecule has 0 saturated heterocycles. The van der Waals surface area contributed by atoms with E-state index in [-0.39, 0.29) is 17.9 Å². The molecular formula is C14H19N3O. The number of carbonyl (C=O) groups is 1. The average Bonchev–Trinajstić information content (AvgIpc) is 2.83. The largest absolute Gasteiger partial charge is 0.350 e. The quantitative estimate of drug-likeness (QED) is 0.782. The van der Waals surface area contributed by atoms with Gasteiger partial charge in [0.15, 0.2) is 0 Å². The van der Waals surface area contributed by atoms with Crippen LogP contribution in [0, 0.1) is 5.92 Å². The van der Waals surface area contributed by atoms with Crippen molar-refractivity contribution in [2.24, 2.45) is 11.7 Å². The highest BCUT2D eigenvalue weighted by molar-refractivity contribution is 5.81. The topological polar surface area (TPSA) is 68.0 Å². The molecule has 2 atom stereocenters. The lowest BCUT2D eigenvalue weighted by Gasteiger charge is -2.11. The van der Waals surface area contributed by atoms with Crippen LogP contribution in [0.1, 0.15) is 24.6 Å². The molecule has 0 aliphatic heterocycles. The van der Waals surface area contributed by atoms with E-state index in [0.29, 0.717) is 13.0 Å². The zero-order valence-electron chi connectivity index (χ0n) is 10.6. The first-order valence-corrected chi connectivity index (χ1v) is 6.35. The van der Waals surface area contributed by atoms with Gasteiger partial charge < -0.3 is 11.1 Å². The van der Waals surface area contributed by atoms with Crippen LogP contribution in [0.4, 0.5) is 0 Å². The van der Waals surface area contributed by atoms with Crippen LogP contribution >= 0.6 is 0 Å². The molecule has 1 aliphatic carbocycles. The summed E-state index contributed by atoms with van der Waals surface area (Å²) in [4.78, 5) is 16.2. The van der Waals surface area contributed by atoms with Gasteiger partial charge in [-0.25, -0.2) is 0 Å². The Balaban J connectivity index is 1.91. The van der Waals surface area contributed by atoms with Crippen molar-refractivity contribution in [3.05, 3.63) is 41.7 Å². The summed E-state index contributed by atoms with van der Waals surface area (Å²) < 4.78 is 0. The summed E-state index contributed by atoms with van der Waals surface area (Å²) in [5.41, 5.74) is 7.86. The van der Waals surface area contributed by atoms with E-state index < -0.39 is 0 Å². The monoisotopic (exact) mass is 245 g/mol. The molecule has 1 amide bonds. The first-order chi connectivity index (χ1) is 8.70. The van der Waals surface area contributed by atoms with Crippen LogP contribution in [0.25, 0.3) is 0 Å². The van der Waals surface area contributed by atoms with Gasteiger partial charge in [-0.1, -0.05) is 25.1 Å². The highest BCUT2D eigenvalue weighted by Gasteiger charge is 2.22. The minimum Gasteiger partial charge on any atom is -0.350 e. The summed E-state index contributed by atoms with van der Waals surface area (Å²) in [6, 6.07) is 3.98. The number of rotatable bonds is 4. The maximum Gasteiger partial charge on any atom is 0.227 e. The van der Waals surface area contributed by atoms with Crippen molar-refractivity contribution in [2.75, 3.05) is 0 Å². The molecule has 0 fully saturated rings. The molecule has 1 aromatic rings. The highest BCUT2D eigenvalue weighted by Crippen LogP contribution is 2.16. The predicted molar refractivity (Wildman–Crippen MR) is 70.7 cm³/mol. The van der Waals surface area contributed by atoms with Crippen molar-refractivity contribution < 1.29 is 4.79 Å². The minimum atomic E-state index is -0.0891. The average molecular weight is 245 g/mol. The van der Waals surface area contributed by atoms with E-state index in [4.69, 9.17) is 5.73 Å². The molecule has 96 valence electrons. The molecule has 1 heterocycles. The number of nitrogens with one attached hydrogen (secondary N) is 1. The summed E-state index contributed by atoms with van der Waals surface area (Å²) in [5.74, 6) is -0.0549. The molecular weight excluding hydrogens is 226 g/mol. The van der Waals surface area contributed by atoms with E-state index in [1.165, 1.54) is 5.56 Å². The Morgan fingerprint density at radius 1 is 1.56 bits per heavy atom. The van der Waals surface area contributed by atoms with Gasteiger partial charge in [0, 0.05) is 12.2 Å². The number of nitrogens with zero attached hydrogens (tertiary/aromatic N) is 1. The summed E-state index contributed by atoms with van der Waals surface area (Å²) in [6.45, 7) is 2.57. The van der Waals surface area contributed by atoms with Gasteiger partial charge in [-0.15, -0.1) is 0 Å². The molecule has 4 heteroatoms. The van der Waals surface area contributed by atoms with E-state index in [1.807, 2.05) is 24.3 Å². The van der Waals surface area contributed by atoms with Crippen molar-refractivity contribution >= 4 is 5.91 Å². The summed E-state index contributed by atoms with van der Waals surface area (Å²) in [5, 5.41) is 2.93. The first kappa shape index (κ1) is 12.8. The number of hydrogen-bond donors (Lipinski definition) is 2. The van der Waals surface area contributed by atoms with Crippen molar-refractivity contribution in [1.82, 2.24) is 10.3 Å². The molecule has 18 heavy (non-hydrogen) atoms. The molecule has 0 aromatic carbocycles. The minimum absolute atomic E-state index is 0.0156. The number of amides is 1. The Morgan fingerprint density at radius 2 is 2.39 bits per heavy atom. The maximum atomic E-state index is 11.9. The highest BCUT2D eigenvalue weighted by atomic mass is 16.1. The number of aromatic nitrogens is 1. The molecule has 4 nitrogen and oxygen atoms in total. The van der Waals surface area contributed by atoms with Crippen LogP contribution < -0.4 is 11.1 Å². The number of hydrogen-bond acceptors (Lipinski definition) is 3. The van der Waals surface area contributed by atoms with Crippen LogP contribution in [-0.2, 0) is 17.8 Å². The van der Waals surface area contributed by atoms with Crippen LogP contribution in [0.3, 0.4) is 0 Å². The maximum absolute atomic E-state index is 11.9. The molecule has 0 saturated carbocycles. The fourth-order valence-electron chi connectivity index (χ4n) is 2.18. The lowest BCUT2D eigenvalue weighted by molar-refractivity contribution is -0.123. The fraction of sp³-hybridized carbons (Fsp3) is 0.429. The number of nitrogens with two attached hydrogens (primary N) is 1. The van der Waals surface area contributed by atoms with Crippen molar-refractivity contribution in [3.63, 3.8) is 0 Å². The van der Waals surface area contributed by atoms with Crippen molar-refractivity contribution in [3.8, 4) is 0 Å². The van der Waals surface area contributed by atoms with Gasteiger partial charge in [0.2, 0.25) is 5.91 Å². The van der Waals surface area contributed by atoms with Gasteiger partial charge in [0.05, 0.1) is 18.2 Å². The molecule has 0 radical (unpaired) electrons. The zero-order chi connectivity index (χ0) is 13.0. The second kappa shape index (κ2) is 5.78. The predicted octanol–water partition coefficient (Wildman–Crippen LogP) is 1.16. The standard InChI is InChI=1S/C14H19N3O/c1-2-10-4-3-7-16-13(10)9-17-14(18)11-5-6-12(15)8-11/h3-7,11-12H,2,8-9,15H2,1H3,(H,17,18). The van der Waals surface area contributed by atoms with Crippen LogP contribution in [0.2, 0.25) is 0 Å². The number of pyridine rings is 1. The smallest absolute Gasteiger partial charge is 0.227 e. The molecule has 3 N–H and O–H groups in total. The normalized spacial score (nSPS) is 22.1. The molecule has 0 bridgehead atoms. The van der Waals surface area contributed by atoms with Crippen LogP contribution in [-0.4, -0.2) is 16.9 Å². The second-order valence-corrected chi connectivity index (χ2v) is 4.57. The van der Waals surface area contributed by atoms with Gasteiger partial charge in [-0.05, 0) is 24.5 Å². The SMILES string of the molecule is CCc1cccnc1CNC(=O)C1C=CC(N)C1. The van der Waals surface area contributed by atoms with E-state index in [2.05, 4.69) is 17.2 Å². The third-order valence-electron chi connectivity index (χ3n) is 3.25. The zero-order valence-corrected chi connectivity index (χ0v) is 10.6. The summed E-state index contributed by atoms with van der Waals surface area (Å²) in [6.07, 6.45) is 7.16. The third-order valence-corrected chi connectivity index (χ3v) is 3.25. The van der Waals surface area contributed by atoms with E-state index in [1.54, 1.807) is 6.20 Å². The Hall–Kier alpha value is -1.68. The van der Waals surface area contributed by atoms with E-state index in [9.17, 15) is 4.79 Å². The molecule has 2 unspecified atom stereocenters. The second-order valence-electron chi connectivity index (χ2n) is 4.57. The summed E-state index contributed by atoms with van der Waals surface area (Å²) >= 11 is 0. The van der Waals surface area contributed by atoms with Gasteiger partial charge in [0.1, 0.15) is 0 Å². The van der Waals surface area contributed by atoms with Gasteiger partial charge in [-0.3, -0.25) is 9.78 Å². The van der Waals surface area contributed by atoms with Gasteiger partial charge in [0.25, 0.3) is 0 Å². The Morgan fingerprint density at radius 3 is 3.06 bits per heavy atom. The fourth-order valence-corrected chi connectivity index (χ4v) is 2.18. The van der Waals surface area contributed by atoms with Crippen molar-refractivity contribution in [1.29, 1.82) is 0 Å². The molecule has 1 aromatic heterocycles. The number of aryl methyl sites for hydroxylation is 1.